The van der Waals surface area contributed by atoms with E-state index in [9.17, 15) is 14.4 Å². The van der Waals surface area contributed by atoms with Crippen LogP contribution in [-0.2, 0) is 29.0 Å². The highest BCUT2D eigenvalue weighted by Crippen LogP contribution is 2.21. The first-order chi connectivity index (χ1) is 16.4. The van der Waals surface area contributed by atoms with E-state index in [0.29, 0.717) is 30.5 Å². The van der Waals surface area contributed by atoms with Gasteiger partial charge in [-0.3, -0.25) is 14.4 Å². The van der Waals surface area contributed by atoms with Crippen LogP contribution in [0.25, 0.3) is 0 Å². The van der Waals surface area contributed by atoms with E-state index in [1.165, 1.54) is 33.6 Å². The van der Waals surface area contributed by atoms with E-state index < -0.39 is 0 Å². The van der Waals surface area contributed by atoms with Gasteiger partial charge in [-0.2, -0.15) is 0 Å². The lowest BCUT2D eigenvalue weighted by atomic mass is 10.00. The van der Waals surface area contributed by atoms with Crippen molar-refractivity contribution in [3.63, 3.8) is 0 Å². The summed E-state index contributed by atoms with van der Waals surface area (Å²) in [5, 5.41) is 4.94. The van der Waals surface area contributed by atoms with Crippen molar-refractivity contribution in [1.29, 1.82) is 0 Å². The van der Waals surface area contributed by atoms with Gasteiger partial charge >= 0.3 is 0 Å². The van der Waals surface area contributed by atoms with Crippen LogP contribution in [0.3, 0.4) is 0 Å². The molecule has 3 heterocycles. The van der Waals surface area contributed by atoms with Crippen LogP contribution < -0.4 is 5.32 Å². The maximum Gasteiger partial charge on any atom is 0.290 e. The van der Waals surface area contributed by atoms with Crippen LogP contribution in [0, 0.1) is 5.92 Å². The number of amides is 3. The standard InChI is InChI=1S/C25H28N4O4S/c1-17(2)13-29(24(32)21-8-5-11-33-21)15-22(30)27-25-26-20(16-34-25)12-23(31)28-10-9-18-6-3-4-7-19(18)14-28/h3-8,11,16-17H,9-10,12-15H2,1-2H3,(H,26,27,30). The van der Waals surface area contributed by atoms with Crippen molar-refractivity contribution in [2.75, 3.05) is 25.0 Å². The molecule has 2 aromatic heterocycles. The second kappa shape index (κ2) is 10.6. The fraction of sp³-hybridized carbons (Fsp3) is 0.360. The minimum absolute atomic E-state index is 0.0184. The number of benzene rings is 1. The third-order valence-corrected chi connectivity index (χ3v) is 6.36. The van der Waals surface area contributed by atoms with Crippen molar-refractivity contribution < 1.29 is 18.8 Å². The highest BCUT2D eigenvalue weighted by molar-refractivity contribution is 7.13. The molecule has 1 aliphatic rings. The number of aromatic nitrogens is 1. The van der Waals surface area contributed by atoms with Gasteiger partial charge in [0.2, 0.25) is 11.8 Å². The molecule has 178 valence electrons. The predicted molar refractivity (Wildman–Crippen MR) is 129 cm³/mol. The lowest BCUT2D eigenvalue weighted by Crippen LogP contribution is -2.40. The Morgan fingerprint density at radius 2 is 1.97 bits per heavy atom. The molecule has 0 aliphatic carbocycles. The van der Waals surface area contributed by atoms with E-state index in [1.54, 1.807) is 17.5 Å². The molecule has 1 N–H and O–H groups in total. The van der Waals surface area contributed by atoms with Crippen molar-refractivity contribution in [2.24, 2.45) is 5.92 Å². The zero-order chi connectivity index (χ0) is 24.1. The Morgan fingerprint density at radius 1 is 1.18 bits per heavy atom. The first-order valence-corrected chi connectivity index (χ1v) is 12.2. The fourth-order valence-corrected chi connectivity index (χ4v) is 4.70. The zero-order valence-corrected chi connectivity index (χ0v) is 20.1. The Hall–Kier alpha value is -3.46. The van der Waals surface area contributed by atoms with Crippen LogP contribution in [0.15, 0.2) is 52.5 Å². The van der Waals surface area contributed by atoms with Crippen molar-refractivity contribution in [3.8, 4) is 0 Å². The van der Waals surface area contributed by atoms with Crippen LogP contribution in [-0.4, -0.2) is 52.1 Å². The Kier molecular flexibility index (Phi) is 7.42. The summed E-state index contributed by atoms with van der Waals surface area (Å²) in [4.78, 5) is 45.8. The third-order valence-electron chi connectivity index (χ3n) is 5.55. The van der Waals surface area contributed by atoms with E-state index in [-0.39, 0.29) is 42.4 Å². The molecule has 0 atom stereocenters. The third kappa shape index (κ3) is 5.91. The molecule has 34 heavy (non-hydrogen) atoms. The number of hydrogen-bond acceptors (Lipinski definition) is 6. The quantitative estimate of drug-likeness (QED) is 0.532. The lowest BCUT2D eigenvalue weighted by molar-refractivity contribution is -0.131. The highest BCUT2D eigenvalue weighted by atomic mass is 32.1. The van der Waals surface area contributed by atoms with Crippen molar-refractivity contribution >= 4 is 34.2 Å². The van der Waals surface area contributed by atoms with Crippen LogP contribution in [0.2, 0.25) is 0 Å². The number of rotatable bonds is 8. The number of anilines is 1. The van der Waals surface area contributed by atoms with Gasteiger partial charge < -0.3 is 19.5 Å². The number of hydrogen-bond donors (Lipinski definition) is 1. The summed E-state index contributed by atoms with van der Waals surface area (Å²) in [6.45, 7) is 5.57. The number of furan rings is 1. The van der Waals surface area contributed by atoms with E-state index >= 15 is 0 Å². The topological polar surface area (TPSA) is 95.8 Å². The van der Waals surface area contributed by atoms with E-state index in [1.807, 2.05) is 30.9 Å². The van der Waals surface area contributed by atoms with Gasteiger partial charge in [-0.25, -0.2) is 4.98 Å². The normalized spacial score (nSPS) is 13.0. The van der Waals surface area contributed by atoms with Crippen LogP contribution in [0.4, 0.5) is 5.13 Å². The summed E-state index contributed by atoms with van der Waals surface area (Å²) in [6, 6.07) is 11.4. The van der Waals surface area contributed by atoms with Gasteiger partial charge in [0.25, 0.3) is 5.91 Å². The molecule has 3 amide bonds. The maximum absolute atomic E-state index is 12.8. The minimum Gasteiger partial charge on any atom is -0.459 e. The fourth-order valence-electron chi connectivity index (χ4n) is 3.97. The summed E-state index contributed by atoms with van der Waals surface area (Å²) in [5.41, 5.74) is 3.10. The van der Waals surface area contributed by atoms with E-state index in [2.05, 4.69) is 22.4 Å². The molecule has 3 aromatic rings. The Balaban J connectivity index is 1.32. The van der Waals surface area contributed by atoms with Gasteiger partial charge in [0.15, 0.2) is 10.9 Å². The minimum atomic E-state index is -0.347. The molecule has 0 bridgehead atoms. The number of fused-ring (bicyclic) bond motifs is 1. The molecular formula is C25H28N4O4S. The smallest absolute Gasteiger partial charge is 0.290 e. The number of nitrogens with zero attached hydrogens (tertiary/aromatic N) is 3. The summed E-state index contributed by atoms with van der Waals surface area (Å²) >= 11 is 1.27. The molecule has 0 radical (unpaired) electrons. The second-order valence-corrected chi connectivity index (χ2v) is 9.62. The molecule has 0 saturated heterocycles. The SMILES string of the molecule is CC(C)CN(CC(=O)Nc1nc(CC(=O)N2CCc3ccccc3C2)cs1)C(=O)c1ccco1. The van der Waals surface area contributed by atoms with Gasteiger partial charge in [0.05, 0.1) is 18.4 Å². The summed E-state index contributed by atoms with van der Waals surface area (Å²) in [7, 11) is 0. The summed E-state index contributed by atoms with van der Waals surface area (Å²) < 4.78 is 5.20. The Labute approximate surface area is 202 Å². The van der Waals surface area contributed by atoms with Gasteiger partial charge in [-0.15, -0.1) is 11.3 Å². The molecule has 9 heteroatoms. The van der Waals surface area contributed by atoms with Gasteiger partial charge in [0.1, 0.15) is 6.54 Å². The molecule has 1 aliphatic heterocycles. The lowest BCUT2D eigenvalue weighted by Gasteiger charge is -2.28. The summed E-state index contributed by atoms with van der Waals surface area (Å²) in [6.07, 6.45) is 2.47. The molecule has 0 unspecified atom stereocenters. The highest BCUT2D eigenvalue weighted by Gasteiger charge is 2.23. The largest absolute Gasteiger partial charge is 0.459 e. The van der Waals surface area contributed by atoms with Gasteiger partial charge in [-0.1, -0.05) is 38.1 Å². The van der Waals surface area contributed by atoms with Crippen LogP contribution in [0.1, 0.15) is 41.2 Å². The van der Waals surface area contributed by atoms with Crippen LogP contribution >= 0.6 is 11.3 Å². The molecule has 0 fully saturated rings. The van der Waals surface area contributed by atoms with Crippen molar-refractivity contribution in [3.05, 3.63) is 70.6 Å². The van der Waals surface area contributed by atoms with E-state index in [0.717, 1.165) is 6.42 Å². The zero-order valence-electron chi connectivity index (χ0n) is 19.3. The Bertz CT molecular complexity index is 1160. The first-order valence-electron chi connectivity index (χ1n) is 11.3. The van der Waals surface area contributed by atoms with E-state index in [4.69, 9.17) is 4.42 Å². The maximum atomic E-state index is 12.8. The number of nitrogens with one attached hydrogen (secondary N) is 1. The second-order valence-electron chi connectivity index (χ2n) is 8.76. The molecule has 0 spiro atoms. The van der Waals surface area contributed by atoms with Gasteiger partial charge in [-0.05, 0) is 35.6 Å². The Morgan fingerprint density at radius 3 is 2.71 bits per heavy atom. The molecule has 8 nitrogen and oxygen atoms in total. The van der Waals surface area contributed by atoms with Crippen molar-refractivity contribution in [1.82, 2.24) is 14.8 Å². The molecule has 1 aromatic carbocycles. The summed E-state index contributed by atoms with van der Waals surface area (Å²) in [5.74, 6) is -0.276. The number of carbonyl (C=O) groups excluding carboxylic acids is 3. The molecule has 4 rings (SSSR count). The molecular weight excluding hydrogens is 452 g/mol. The predicted octanol–water partition coefficient (Wildman–Crippen LogP) is 3.60. The van der Waals surface area contributed by atoms with Crippen molar-refractivity contribution in [2.45, 2.75) is 33.2 Å². The van der Waals surface area contributed by atoms with Gasteiger partial charge in [0, 0.05) is 25.0 Å². The molecule has 0 saturated carbocycles. The monoisotopic (exact) mass is 480 g/mol. The first kappa shape index (κ1) is 23.7. The number of thiazole rings is 1. The average Bonchev–Trinajstić information content (AvgIpc) is 3.50. The average molecular weight is 481 g/mol. The number of carbonyl (C=O) groups is 3. The van der Waals surface area contributed by atoms with Crippen LogP contribution in [0.5, 0.6) is 0 Å².